The van der Waals surface area contributed by atoms with Crippen LogP contribution in [0.15, 0.2) is 0 Å². The van der Waals surface area contributed by atoms with Gasteiger partial charge in [-0.15, -0.1) is 0 Å². The van der Waals surface area contributed by atoms with Gasteiger partial charge in [-0.2, -0.15) is 0 Å². The third kappa shape index (κ3) is 2.45. The van der Waals surface area contributed by atoms with Crippen LogP contribution in [0.3, 0.4) is 0 Å². The number of esters is 1. The van der Waals surface area contributed by atoms with Crippen molar-refractivity contribution in [2.24, 2.45) is 0 Å². The standard InChI is InChI=1S/C10H18O4/c1-3-13-10(14-4-2)7-5-6-8-12-9(10)11/h3-8H2,1-2H3. The summed E-state index contributed by atoms with van der Waals surface area (Å²) in [5.74, 6) is -1.52. The molecular formula is C10H18O4. The molecule has 0 atom stereocenters. The van der Waals surface area contributed by atoms with Crippen molar-refractivity contribution < 1.29 is 19.0 Å². The van der Waals surface area contributed by atoms with E-state index in [4.69, 9.17) is 14.2 Å². The molecule has 0 bridgehead atoms. The normalized spacial score (nSPS) is 21.4. The number of carbonyl (C=O) groups excluding carboxylic acids is 1. The number of ether oxygens (including phenoxy) is 3. The molecule has 4 heteroatoms. The monoisotopic (exact) mass is 202 g/mol. The topological polar surface area (TPSA) is 44.8 Å². The molecule has 82 valence electrons. The molecule has 0 unspecified atom stereocenters. The third-order valence-electron chi connectivity index (χ3n) is 2.20. The molecule has 1 heterocycles. The van der Waals surface area contributed by atoms with Gasteiger partial charge in [-0.1, -0.05) is 0 Å². The molecule has 4 nitrogen and oxygen atoms in total. The first-order valence-electron chi connectivity index (χ1n) is 5.20. The molecule has 1 fully saturated rings. The van der Waals surface area contributed by atoms with Crippen LogP contribution in [0.4, 0.5) is 0 Å². The molecule has 14 heavy (non-hydrogen) atoms. The molecule has 1 aliphatic rings. The van der Waals surface area contributed by atoms with Gasteiger partial charge in [0.25, 0.3) is 5.79 Å². The highest BCUT2D eigenvalue weighted by Crippen LogP contribution is 2.25. The van der Waals surface area contributed by atoms with E-state index in [0.717, 1.165) is 12.8 Å². The molecule has 0 aromatic rings. The van der Waals surface area contributed by atoms with Gasteiger partial charge in [-0.25, -0.2) is 4.79 Å². The predicted molar refractivity (Wildman–Crippen MR) is 50.8 cm³/mol. The minimum atomic E-state index is -1.14. The van der Waals surface area contributed by atoms with Crippen molar-refractivity contribution in [2.45, 2.75) is 38.9 Å². The lowest BCUT2D eigenvalue weighted by Crippen LogP contribution is -2.44. The maximum atomic E-state index is 11.6. The molecule has 0 aromatic heterocycles. The first-order valence-corrected chi connectivity index (χ1v) is 5.20. The summed E-state index contributed by atoms with van der Waals surface area (Å²) in [6.45, 7) is 5.07. The largest absolute Gasteiger partial charge is 0.462 e. The maximum Gasteiger partial charge on any atom is 0.366 e. The van der Waals surface area contributed by atoms with Gasteiger partial charge >= 0.3 is 5.97 Å². The first kappa shape index (κ1) is 11.5. The molecule has 0 amide bonds. The van der Waals surface area contributed by atoms with E-state index in [1.807, 2.05) is 13.8 Å². The van der Waals surface area contributed by atoms with Gasteiger partial charge in [0.15, 0.2) is 0 Å². The zero-order valence-corrected chi connectivity index (χ0v) is 8.88. The Labute approximate surface area is 84.5 Å². The number of cyclic esters (lactones) is 1. The fourth-order valence-corrected chi connectivity index (χ4v) is 1.61. The fourth-order valence-electron chi connectivity index (χ4n) is 1.61. The minimum absolute atomic E-state index is 0.376. The maximum absolute atomic E-state index is 11.6. The molecule has 0 spiro atoms. The summed E-state index contributed by atoms with van der Waals surface area (Å²) in [5, 5.41) is 0. The molecule has 0 radical (unpaired) electrons. The Bertz CT molecular complexity index is 185. The van der Waals surface area contributed by atoms with Crippen molar-refractivity contribution in [1.82, 2.24) is 0 Å². The smallest absolute Gasteiger partial charge is 0.366 e. The Morgan fingerprint density at radius 3 is 2.50 bits per heavy atom. The molecule has 0 N–H and O–H groups in total. The Balaban J connectivity index is 2.73. The summed E-state index contributed by atoms with van der Waals surface area (Å²) in [4.78, 5) is 11.6. The van der Waals surface area contributed by atoms with E-state index in [1.165, 1.54) is 0 Å². The minimum Gasteiger partial charge on any atom is -0.462 e. The molecule has 1 saturated heterocycles. The Hall–Kier alpha value is -0.610. The van der Waals surface area contributed by atoms with E-state index in [2.05, 4.69) is 0 Å². The van der Waals surface area contributed by atoms with E-state index in [-0.39, 0.29) is 5.97 Å². The van der Waals surface area contributed by atoms with Crippen molar-refractivity contribution >= 4 is 5.97 Å². The van der Waals surface area contributed by atoms with Gasteiger partial charge in [0, 0.05) is 19.6 Å². The molecule has 0 aliphatic carbocycles. The molecule has 1 rings (SSSR count). The Morgan fingerprint density at radius 1 is 1.29 bits per heavy atom. The van der Waals surface area contributed by atoms with Crippen molar-refractivity contribution in [1.29, 1.82) is 0 Å². The van der Waals surface area contributed by atoms with Crippen LogP contribution in [0, 0.1) is 0 Å². The van der Waals surface area contributed by atoms with Crippen LogP contribution < -0.4 is 0 Å². The second-order valence-electron chi connectivity index (χ2n) is 3.21. The number of hydrogen-bond acceptors (Lipinski definition) is 4. The van der Waals surface area contributed by atoms with Crippen molar-refractivity contribution in [3.63, 3.8) is 0 Å². The van der Waals surface area contributed by atoms with Crippen molar-refractivity contribution in [3.8, 4) is 0 Å². The SMILES string of the molecule is CCOC1(OCC)CCCCOC1=O. The number of carbonyl (C=O) groups is 1. The van der Waals surface area contributed by atoms with E-state index < -0.39 is 5.79 Å². The lowest BCUT2D eigenvalue weighted by Gasteiger charge is -2.28. The van der Waals surface area contributed by atoms with E-state index in [9.17, 15) is 4.79 Å². The Morgan fingerprint density at radius 2 is 1.93 bits per heavy atom. The molecule has 0 aromatic carbocycles. The molecule has 1 aliphatic heterocycles. The van der Waals surface area contributed by atoms with Crippen LogP contribution in [-0.2, 0) is 19.0 Å². The van der Waals surface area contributed by atoms with Crippen LogP contribution in [0.5, 0.6) is 0 Å². The molecular weight excluding hydrogens is 184 g/mol. The second-order valence-corrected chi connectivity index (χ2v) is 3.21. The lowest BCUT2D eigenvalue weighted by atomic mass is 10.1. The van der Waals surface area contributed by atoms with Gasteiger partial charge in [-0.3, -0.25) is 0 Å². The summed E-state index contributed by atoms with van der Waals surface area (Å²) in [5.41, 5.74) is 0. The fraction of sp³-hybridized carbons (Fsp3) is 0.900. The van der Waals surface area contributed by atoms with E-state index >= 15 is 0 Å². The highest BCUT2D eigenvalue weighted by atomic mass is 16.7. The van der Waals surface area contributed by atoms with Crippen LogP contribution in [0.1, 0.15) is 33.1 Å². The van der Waals surface area contributed by atoms with Crippen LogP contribution in [-0.4, -0.2) is 31.6 Å². The Kier molecular flexibility index (Phi) is 4.35. The summed E-state index contributed by atoms with van der Waals surface area (Å²) in [6.07, 6.45) is 2.37. The highest BCUT2D eigenvalue weighted by molar-refractivity contribution is 5.78. The molecule has 0 saturated carbocycles. The van der Waals surface area contributed by atoms with Crippen LogP contribution in [0.2, 0.25) is 0 Å². The van der Waals surface area contributed by atoms with Gasteiger partial charge in [0.05, 0.1) is 6.61 Å². The first-order chi connectivity index (χ1) is 6.75. The summed E-state index contributed by atoms with van der Waals surface area (Å²) in [7, 11) is 0. The van der Waals surface area contributed by atoms with Crippen LogP contribution >= 0.6 is 0 Å². The van der Waals surface area contributed by atoms with Gasteiger partial charge in [0.2, 0.25) is 0 Å². The summed E-state index contributed by atoms with van der Waals surface area (Å²) in [6, 6.07) is 0. The zero-order valence-electron chi connectivity index (χ0n) is 8.88. The average Bonchev–Trinajstić information content (AvgIpc) is 2.32. The number of hydrogen-bond donors (Lipinski definition) is 0. The van der Waals surface area contributed by atoms with Crippen molar-refractivity contribution in [2.75, 3.05) is 19.8 Å². The lowest BCUT2D eigenvalue weighted by molar-refractivity contribution is -0.244. The highest BCUT2D eigenvalue weighted by Gasteiger charge is 2.42. The average molecular weight is 202 g/mol. The van der Waals surface area contributed by atoms with Gasteiger partial charge in [-0.05, 0) is 26.7 Å². The zero-order chi connectivity index (χ0) is 10.4. The quantitative estimate of drug-likeness (QED) is 0.511. The van der Waals surface area contributed by atoms with Gasteiger partial charge < -0.3 is 14.2 Å². The van der Waals surface area contributed by atoms with E-state index in [0.29, 0.717) is 26.2 Å². The van der Waals surface area contributed by atoms with Crippen molar-refractivity contribution in [3.05, 3.63) is 0 Å². The summed E-state index contributed by atoms with van der Waals surface area (Å²) < 4.78 is 15.8. The third-order valence-corrected chi connectivity index (χ3v) is 2.20. The second kappa shape index (κ2) is 5.32. The van der Waals surface area contributed by atoms with Gasteiger partial charge in [0.1, 0.15) is 0 Å². The number of rotatable bonds is 4. The summed E-state index contributed by atoms with van der Waals surface area (Å²) >= 11 is 0. The predicted octanol–water partition coefficient (Wildman–Crippen LogP) is 1.48. The van der Waals surface area contributed by atoms with Crippen LogP contribution in [0.25, 0.3) is 0 Å². The van der Waals surface area contributed by atoms with E-state index in [1.54, 1.807) is 0 Å².